The first-order valence-corrected chi connectivity index (χ1v) is 15.4. The summed E-state index contributed by atoms with van der Waals surface area (Å²) in [6.07, 6.45) is -2.29. The summed E-state index contributed by atoms with van der Waals surface area (Å²) in [5.74, 6) is -0.758. The van der Waals surface area contributed by atoms with E-state index in [1.54, 1.807) is 17.0 Å². The molecular formula is C25H30FN4O10P2+. The minimum Gasteiger partial charge on any atom is -0.442 e. The maximum atomic E-state index is 15.0. The van der Waals surface area contributed by atoms with Crippen LogP contribution in [-0.4, -0.2) is 100 Å². The highest BCUT2D eigenvalue weighted by Gasteiger charge is 2.37. The number of nitrogens with zero attached hydrogens (tertiary/aromatic N) is 3. The number of hydrogen-bond acceptors (Lipinski definition) is 10. The molecule has 0 aromatic heterocycles. The number of rotatable bonds is 10. The Morgan fingerprint density at radius 1 is 1.14 bits per heavy atom. The Morgan fingerprint density at radius 2 is 1.83 bits per heavy atom. The van der Waals surface area contributed by atoms with Crippen molar-refractivity contribution >= 4 is 45.9 Å². The second kappa shape index (κ2) is 14.1. The summed E-state index contributed by atoms with van der Waals surface area (Å²) in [7, 11) is -5.38. The van der Waals surface area contributed by atoms with Crippen molar-refractivity contribution < 1.29 is 52.6 Å². The van der Waals surface area contributed by atoms with Gasteiger partial charge in [-0.1, -0.05) is 12.1 Å². The van der Waals surface area contributed by atoms with Gasteiger partial charge in [0.1, 0.15) is 24.3 Å². The van der Waals surface area contributed by atoms with Crippen LogP contribution < -0.4 is 19.9 Å². The molecule has 2 aliphatic heterocycles. The zero-order chi connectivity index (χ0) is 30.4. The molecule has 5 N–H and O–H groups in total. The maximum absolute atomic E-state index is 15.0. The van der Waals surface area contributed by atoms with Gasteiger partial charge in [0.2, 0.25) is 14.3 Å². The highest BCUT2D eigenvalue weighted by Crippen LogP contribution is 2.46. The van der Waals surface area contributed by atoms with Gasteiger partial charge in [-0.05, 0) is 40.5 Å². The smallest absolute Gasteiger partial charge is 0.442 e. The lowest BCUT2D eigenvalue weighted by Crippen LogP contribution is -2.49. The van der Waals surface area contributed by atoms with E-state index in [2.05, 4.69) is 5.32 Å². The van der Waals surface area contributed by atoms with Gasteiger partial charge in [-0.3, -0.25) is 9.69 Å². The summed E-state index contributed by atoms with van der Waals surface area (Å²) in [5, 5.41) is 10.3. The summed E-state index contributed by atoms with van der Waals surface area (Å²) in [6.45, 7) is 0.906. The minimum absolute atomic E-state index is 0.0440. The molecule has 0 aliphatic carbocycles. The van der Waals surface area contributed by atoms with Crippen molar-refractivity contribution in [1.82, 2.24) is 10.2 Å². The number of amides is 3. The van der Waals surface area contributed by atoms with Gasteiger partial charge in [-0.25, -0.2) is 14.0 Å². The average Bonchev–Trinajstić information content (AvgIpc) is 3.35. The molecule has 0 spiro atoms. The number of benzene rings is 2. The van der Waals surface area contributed by atoms with E-state index in [9.17, 15) is 38.0 Å². The van der Waals surface area contributed by atoms with Crippen LogP contribution >= 0.6 is 16.4 Å². The Kier molecular flexibility index (Phi) is 10.6. The van der Waals surface area contributed by atoms with Crippen molar-refractivity contribution in [3.63, 3.8) is 0 Å². The molecule has 0 radical (unpaired) electrons. The van der Waals surface area contributed by atoms with Crippen molar-refractivity contribution in [3.05, 3.63) is 53.8 Å². The number of nitrogens with one attached hydrogen (secondary N) is 1. The van der Waals surface area contributed by atoms with E-state index in [-0.39, 0.29) is 36.9 Å². The number of carbonyl (C=O) groups is 3. The van der Waals surface area contributed by atoms with Crippen molar-refractivity contribution in [2.24, 2.45) is 0 Å². The molecule has 17 heteroatoms. The number of ether oxygens (including phenoxy) is 2. The van der Waals surface area contributed by atoms with Gasteiger partial charge < -0.3 is 39.5 Å². The summed E-state index contributed by atoms with van der Waals surface area (Å²) in [4.78, 5) is 68.7. The second-order valence-corrected chi connectivity index (χ2v) is 12.4. The molecule has 2 unspecified atom stereocenters. The summed E-state index contributed by atoms with van der Waals surface area (Å²) >= 11 is 0. The lowest BCUT2D eigenvalue weighted by Gasteiger charge is -2.36. The van der Waals surface area contributed by atoms with E-state index < -0.39 is 52.5 Å². The molecule has 2 heterocycles. The van der Waals surface area contributed by atoms with E-state index in [0.717, 1.165) is 0 Å². The minimum atomic E-state index is -2.78. The quantitative estimate of drug-likeness (QED) is 0.240. The van der Waals surface area contributed by atoms with Crippen LogP contribution in [0.2, 0.25) is 0 Å². The summed E-state index contributed by atoms with van der Waals surface area (Å²) in [6, 6.07) is 10.3. The molecule has 0 bridgehead atoms. The fourth-order valence-corrected chi connectivity index (χ4v) is 6.00. The topological polar surface area (TPSA) is 189 Å². The van der Waals surface area contributed by atoms with E-state index in [0.29, 0.717) is 37.4 Å². The number of aliphatic hydroxyl groups is 1. The Hall–Kier alpha value is -3.45. The number of anilines is 2. The third-order valence-corrected chi connectivity index (χ3v) is 9.39. The number of aliphatic hydroxyl groups excluding tert-OH is 1. The maximum Gasteiger partial charge on any atom is 0.518 e. The monoisotopic (exact) mass is 627 g/mol. The lowest BCUT2D eigenvalue weighted by molar-refractivity contribution is -0.134. The highest BCUT2D eigenvalue weighted by atomic mass is 31.2. The predicted octanol–water partition coefficient (Wildman–Crippen LogP) is 1.48. The number of cyclic esters (lactones) is 1. The van der Waals surface area contributed by atoms with Crippen LogP contribution in [-0.2, 0) is 20.5 Å². The number of hydrogen-bond donors (Lipinski definition) is 5. The summed E-state index contributed by atoms with van der Waals surface area (Å²) < 4.78 is 36.8. The third-order valence-electron chi connectivity index (χ3n) is 6.77. The normalized spacial score (nSPS) is 18.1. The first-order valence-electron chi connectivity index (χ1n) is 12.8. The molecule has 2 aromatic carbocycles. The fraction of sp³-hybridized carbons (Fsp3) is 0.400. The standard InChI is InChI=1S/C25H29FN4O10P2/c26-20-12-17(3-6-21(20)28-7-9-29(10-8-28)22(32)15-31)30-14-19(40-25(30)34)13-27-24(33)39-18-4-1-16(2-5-18)11-23(41(35)36)42(37)38/h1-6,12,19,23,31,35-36H,7-11,13-15H2,(H-,27,33,37,38)/p+1/t19-,23?/m0/s1. The van der Waals surface area contributed by atoms with E-state index in [1.807, 2.05) is 0 Å². The van der Waals surface area contributed by atoms with E-state index in [1.165, 1.54) is 40.1 Å². The Bertz CT molecular complexity index is 1310. The number of piperazine rings is 1. The van der Waals surface area contributed by atoms with Crippen LogP contribution in [0.5, 0.6) is 5.75 Å². The number of halogens is 1. The molecule has 2 saturated heterocycles. The lowest BCUT2D eigenvalue weighted by atomic mass is 10.2. The second-order valence-electron chi connectivity index (χ2n) is 9.50. The van der Waals surface area contributed by atoms with Crippen LogP contribution in [0.15, 0.2) is 42.5 Å². The highest BCUT2D eigenvalue weighted by molar-refractivity contribution is 7.61. The molecule has 14 nitrogen and oxygen atoms in total. The van der Waals surface area contributed by atoms with E-state index >= 15 is 0 Å². The van der Waals surface area contributed by atoms with Crippen LogP contribution in [0.25, 0.3) is 0 Å². The molecule has 2 aliphatic rings. The Labute approximate surface area is 242 Å². The molecule has 3 atom stereocenters. The zero-order valence-electron chi connectivity index (χ0n) is 22.2. The van der Waals surface area contributed by atoms with E-state index in [4.69, 9.17) is 14.6 Å². The van der Waals surface area contributed by atoms with Crippen molar-refractivity contribution in [2.75, 3.05) is 55.7 Å². The van der Waals surface area contributed by atoms with Gasteiger partial charge in [0.25, 0.3) is 5.40 Å². The van der Waals surface area contributed by atoms with Crippen LogP contribution in [0.3, 0.4) is 0 Å². The van der Waals surface area contributed by atoms with Crippen LogP contribution in [0.1, 0.15) is 5.56 Å². The zero-order valence-corrected chi connectivity index (χ0v) is 24.0. The van der Waals surface area contributed by atoms with Gasteiger partial charge in [-0.2, -0.15) is 4.89 Å². The number of carbonyl (C=O) groups excluding carboxylic acids is 3. The molecule has 42 heavy (non-hydrogen) atoms. The first kappa shape index (κ1) is 31.5. The molecular weight excluding hydrogens is 597 g/mol. The van der Waals surface area contributed by atoms with Gasteiger partial charge in [0.05, 0.1) is 24.5 Å². The molecule has 3 amide bonds. The third kappa shape index (κ3) is 7.88. The van der Waals surface area contributed by atoms with Gasteiger partial charge in [0.15, 0.2) is 0 Å². The van der Waals surface area contributed by atoms with Crippen LogP contribution in [0.4, 0.5) is 25.4 Å². The molecule has 0 saturated carbocycles. The predicted molar refractivity (Wildman–Crippen MR) is 149 cm³/mol. The fourth-order valence-electron chi connectivity index (χ4n) is 4.55. The molecule has 4 rings (SSSR count). The largest absolute Gasteiger partial charge is 0.518 e. The Morgan fingerprint density at radius 3 is 2.43 bits per heavy atom. The van der Waals surface area contributed by atoms with Crippen molar-refractivity contribution in [1.29, 1.82) is 0 Å². The SMILES string of the molecule is O=C(NC[C@H]1CN(c2ccc(N3CCN(C(=O)CO)CC3)c(F)c2)C(=O)O1)Oc1ccc(CC(P(O)O)[P+](=O)O)cc1. The molecule has 2 fully saturated rings. The molecule has 226 valence electrons. The van der Waals surface area contributed by atoms with Gasteiger partial charge >= 0.3 is 20.2 Å². The summed E-state index contributed by atoms with van der Waals surface area (Å²) in [5.41, 5.74) is 1.15. The van der Waals surface area contributed by atoms with Gasteiger partial charge in [-0.15, -0.1) is 0 Å². The first-order chi connectivity index (χ1) is 20.0. The molecule has 2 aromatic rings. The van der Waals surface area contributed by atoms with Crippen LogP contribution in [0, 0.1) is 5.82 Å². The average molecular weight is 627 g/mol. The Balaban J connectivity index is 1.26. The van der Waals surface area contributed by atoms with Crippen molar-refractivity contribution in [3.8, 4) is 5.75 Å². The van der Waals surface area contributed by atoms with Gasteiger partial charge in [0, 0.05) is 32.6 Å². The van der Waals surface area contributed by atoms with Crippen molar-refractivity contribution in [2.45, 2.75) is 17.9 Å².